The third-order valence-electron chi connectivity index (χ3n) is 3.13. The molecule has 1 aromatic heterocycles. The molecule has 7 heteroatoms. The van der Waals surface area contributed by atoms with E-state index in [0.717, 1.165) is 0 Å². The highest BCUT2D eigenvalue weighted by Crippen LogP contribution is 2.23. The van der Waals surface area contributed by atoms with E-state index in [0.29, 0.717) is 22.8 Å². The predicted molar refractivity (Wildman–Crippen MR) is 86.5 cm³/mol. The third kappa shape index (κ3) is 4.22. The van der Waals surface area contributed by atoms with Crippen molar-refractivity contribution in [3.05, 3.63) is 59.6 Å². The molecule has 0 saturated carbocycles. The Labute approximate surface area is 139 Å². The fourth-order valence-electron chi connectivity index (χ4n) is 1.95. The van der Waals surface area contributed by atoms with Crippen molar-refractivity contribution < 1.29 is 23.8 Å². The molecule has 1 heterocycles. The quantitative estimate of drug-likeness (QED) is 0.496. The van der Waals surface area contributed by atoms with Crippen LogP contribution in [0.4, 0.5) is 5.69 Å². The summed E-state index contributed by atoms with van der Waals surface area (Å²) in [6.45, 7) is 3.71. The summed E-state index contributed by atoms with van der Waals surface area (Å²) in [6.07, 6.45) is 0.104. The molecule has 0 aliphatic rings. The van der Waals surface area contributed by atoms with Crippen molar-refractivity contribution in [1.82, 2.24) is 0 Å². The molecule has 7 nitrogen and oxygen atoms in total. The van der Waals surface area contributed by atoms with Gasteiger partial charge >= 0.3 is 11.7 Å². The lowest BCUT2D eigenvalue weighted by Gasteiger charge is -2.15. The molecule has 0 spiro atoms. The highest BCUT2D eigenvalue weighted by Gasteiger charge is 2.24. The first-order chi connectivity index (χ1) is 11.5. The van der Waals surface area contributed by atoms with Gasteiger partial charge in [0.15, 0.2) is 12.3 Å². The van der Waals surface area contributed by atoms with Crippen LogP contribution < -0.4 is 14.8 Å². The van der Waals surface area contributed by atoms with Gasteiger partial charge < -0.3 is 20.0 Å². The average molecular weight is 330 g/mol. The van der Waals surface area contributed by atoms with Gasteiger partial charge in [-0.1, -0.05) is 12.1 Å². The molecular weight excluding hydrogens is 312 g/mol. The third-order valence-corrected chi connectivity index (χ3v) is 3.13. The summed E-state index contributed by atoms with van der Waals surface area (Å²) in [4.78, 5) is 24.1. The van der Waals surface area contributed by atoms with E-state index in [-0.39, 0.29) is 5.69 Å². The van der Waals surface area contributed by atoms with Gasteiger partial charge in [-0.3, -0.25) is 4.79 Å². The lowest BCUT2D eigenvalue weighted by Crippen LogP contribution is -2.37. The Kier molecular flexibility index (Phi) is 5.73. The number of nitrogens with zero attached hydrogens (tertiary/aromatic N) is 1. The predicted octanol–water partition coefficient (Wildman–Crippen LogP) is 1.90. The number of ether oxygens (including phenoxy) is 2. The molecule has 0 fully saturated rings. The van der Waals surface area contributed by atoms with E-state index >= 15 is 0 Å². The number of esters is 1. The SMILES string of the molecule is CCOc1ccccc1NC(=O)[C@H](C)OC(=O)c1cccc[n+]1[O-]. The summed E-state index contributed by atoms with van der Waals surface area (Å²) >= 11 is 0. The van der Waals surface area contributed by atoms with E-state index in [1.165, 1.54) is 31.3 Å². The molecule has 1 amide bonds. The first-order valence-corrected chi connectivity index (χ1v) is 7.44. The van der Waals surface area contributed by atoms with Crippen LogP contribution in [-0.2, 0) is 9.53 Å². The van der Waals surface area contributed by atoms with Gasteiger partial charge in [0.25, 0.3) is 5.91 Å². The number of aromatic nitrogens is 1. The molecule has 126 valence electrons. The Morgan fingerprint density at radius 1 is 1.21 bits per heavy atom. The van der Waals surface area contributed by atoms with Crippen molar-refractivity contribution in [2.75, 3.05) is 11.9 Å². The summed E-state index contributed by atoms with van der Waals surface area (Å²) < 4.78 is 10.8. The van der Waals surface area contributed by atoms with Gasteiger partial charge in [-0.15, -0.1) is 0 Å². The maximum Gasteiger partial charge on any atom is 0.405 e. The molecule has 2 aromatic rings. The Morgan fingerprint density at radius 3 is 2.62 bits per heavy atom. The van der Waals surface area contributed by atoms with Crippen molar-refractivity contribution in [3.63, 3.8) is 0 Å². The van der Waals surface area contributed by atoms with Crippen LogP contribution in [0.2, 0.25) is 0 Å². The van der Waals surface area contributed by atoms with Crippen LogP contribution in [0.15, 0.2) is 48.7 Å². The Hall–Kier alpha value is -3.09. The topological polar surface area (TPSA) is 91.6 Å². The number of amides is 1. The molecule has 1 aromatic carbocycles. The number of anilines is 1. The number of rotatable bonds is 6. The maximum absolute atomic E-state index is 12.2. The lowest BCUT2D eigenvalue weighted by atomic mass is 10.2. The minimum atomic E-state index is -1.08. The summed E-state index contributed by atoms with van der Waals surface area (Å²) in [7, 11) is 0. The second-order valence-electron chi connectivity index (χ2n) is 4.88. The fourth-order valence-corrected chi connectivity index (χ4v) is 1.95. The van der Waals surface area contributed by atoms with E-state index in [9.17, 15) is 14.8 Å². The van der Waals surface area contributed by atoms with Crippen LogP contribution in [0.25, 0.3) is 0 Å². The lowest BCUT2D eigenvalue weighted by molar-refractivity contribution is -0.608. The van der Waals surface area contributed by atoms with E-state index < -0.39 is 18.0 Å². The van der Waals surface area contributed by atoms with Crippen LogP contribution in [0.5, 0.6) is 5.75 Å². The minimum Gasteiger partial charge on any atom is -0.618 e. The van der Waals surface area contributed by atoms with Gasteiger partial charge in [0.2, 0.25) is 0 Å². The zero-order chi connectivity index (χ0) is 17.5. The van der Waals surface area contributed by atoms with Crippen LogP contribution >= 0.6 is 0 Å². The molecule has 0 bridgehead atoms. The maximum atomic E-state index is 12.2. The summed E-state index contributed by atoms with van der Waals surface area (Å²) in [5.41, 5.74) is 0.290. The Balaban J connectivity index is 2.03. The summed E-state index contributed by atoms with van der Waals surface area (Å²) in [5, 5.41) is 14.2. The van der Waals surface area contributed by atoms with Gasteiger partial charge in [-0.05, 0) is 32.0 Å². The Bertz CT molecular complexity index is 732. The van der Waals surface area contributed by atoms with Crippen LogP contribution in [0.3, 0.4) is 0 Å². The number of hydrogen-bond donors (Lipinski definition) is 1. The van der Waals surface area contributed by atoms with Gasteiger partial charge in [0, 0.05) is 12.1 Å². The fraction of sp³-hybridized carbons (Fsp3) is 0.235. The molecule has 0 aliphatic heterocycles. The molecule has 24 heavy (non-hydrogen) atoms. The molecule has 0 saturated heterocycles. The number of benzene rings is 1. The summed E-state index contributed by atoms with van der Waals surface area (Å²) in [6, 6.07) is 11.3. The number of hydrogen-bond acceptors (Lipinski definition) is 5. The highest BCUT2D eigenvalue weighted by atomic mass is 16.6. The smallest absolute Gasteiger partial charge is 0.405 e. The minimum absolute atomic E-state index is 0.188. The van der Waals surface area contributed by atoms with Gasteiger partial charge in [-0.25, -0.2) is 4.79 Å². The number of pyridine rings is 1. The number of nitrogens with one attached hydrogen (secondary N) is 1. The molecule has 2 rings (SSSR count). The normalized spacial score (nSPS) is 11.4. The number of carbonyl (C=O) groups excluding carboxylic acids is 2. The summed E-state index contributed by atoms with van der Waals surface area (Å²) in [5.74, 6) is -0.873. The van der Waals surface area contributed by atoms with Crippen molar-refractivity contribution in [1.29, 1.82) is 0 Å². The van der Waals surface area contributed by atoms with E-state index in [2.05, 4.69) is 5.32 Å². The van der Waals surface area contributed by atoms with Gasteiger partial charge in [-0.2, -0.15) is 4.73 Å². The standard InChI is InChI=1S/C17H18N2O5/c1-3-23-15-10-5-4-8-13(15)18-16(20)12(2)24-17(21)14-9-6-7-11-19(14)22/h4-12H,3H2,1-2H3,(H,18,20)/t12-/m0/s1. The zero-order valence-corrected chi connectivity index (χ0v) is 13.4. The molecule has 1 N–H and O–H groups in total. The van der Waals surface area contributed by atoms with Gasteiger partial charge in [0.1, 0.15) is 5.75 Å². The first kappa shape index (κ1) is 17.3. The van der Waals surface area contributed by atoms with E-state index in [1.54, 1.807) is 24.3 Å². The van der Waals surface area contributed by atoms with Crippen molar-refractivity contribution in [3.8, 4) is 5.75 Å². The molecular formula is C17H18N2O5. The molecule has 1 atom stereocenters. The molecule has 0 radical (unpaired) electrons. The monoisotopic (exact) mass is 330 g/mol. The van der Waals surface area contributed by atoms with Crippen molar-refractivity contribution >= 4 is 17.6 Å². The van der Waals surface area contributed by atoms with Crippen molar-refractivity contribution in [2.45, 2.75) is 20.0 Å². The van der Waals surface area contributed by atoms with Gasteiger partial charge in [0.05, 0.1) is 12.3 Å². The first-order valence-electron chi connectivity index (χ1n) is 7.44. The second-order valence-corrected chi connectivity index (χ2v) is 4.88. The largest absolute Gasteiger partial charge is 0.618 e. The molecule has 0 aliphatic carbocycles. The zero-order valence-electron chi connectivity index (χ0n) is 13.4. The average Bonchev–Trinajstić information content (AvgIpc) is 2.57. The van der Waals surface area contributed by atoms with Crippen molar-refractivity contribution in [2.24, 2.45) is 0 Å². The van der Waals surface area contributed by atoms with E-state index in [1.807, 2.05) is 6.92 Å². The number of para-hydroxylation sites is 2. The van der Waals surface area contributed by atoms with Crippen LogP contribution in [0.1, 0.15) is 24.3 Å². The Morgan fingerprint density at radius 2 is 1.92 bits per heavy atom. The van der Waals surface area contributed by atoms with Crippen LogP contribution in [0, 0.1) is 5.21 Å². The number of carbonyl (C=O) groups is 2. The highest BCUT2D eigenvalue weighted by molar-refractivity contribution is 5.97. The van der Waals surface area contributed by atoms with Crippen LogP contribution in [-0.4, -0.2) is 24.6 Å². The van der Waals surface area contributed by atoms with E-state index in [4.69, 9.17) is 9.47 Å². The molecule has 0 unspecified atom stereocenters. The second kappa shape index (κ2) is 7.96.